The zero-order valence-corrected chi connectivity index (χ0v) is 10.9. The van der Waals surface area contributed by atoms with Crippen LogP contribution in [0.2, 0.25) is 0 Å². The molecule has 1 N–H and O–H groups in total. The monoisotopic (exact) mass is 300 g/mol. The quantitative estimate of drug-likeness (QED) is 0.686. The number of hydrogen-bond donors (Lipinski definition) is 1. The van der Waals surface area contributed by atoms with E-state index in [0.29, 0.717) is 10.2 Å². The van der Waals surface area contributed by atoms with Gasteiger partial charge in [-0.25, -0.2) is 0 Å². The first-order chi connectivity index (χ1) is 8.10. The molecule has 1 aliphatic rings. The van der Waals surface area contributed by atoms with Gasteiger partial charge in [-0.1, -0.05) is 15.9 Å². The molecule has 5 nitrogen and oxygen atoms in total. The van der Waals surface area contributed by atoms with Crippen molar-refractivity contribution in [2.45, 2.75) is 25.0 Å². The fourth-order valence-corrected chi connectivity index (χ4v) is 2.22. The maximum Gasteiger partial charge on any atom is 0.293 e. The van der Waals surface area contributed by atoms with E-state index in [1.54, 1.807) is 19.2 Å². The number of methoxy groups -OCH3 is 1. The second kappa shape index (κ2) is 5.01. The number of rotatable bonds is 4. The summed E-state index contributed by atoms with van der Waals surface area (Å²) in [5, 5.41) is 14.1. The van der Waals surface area contributed by atoms with Crippen LogP contribution in [-0.4, -0.2) is 24.2 Å². The zero-order chi connectivity index (χ0) is 12.4. The van der Waals surface area contributed by atoms with Crippen LogP contribution in [0.4, 0.5) is 11.4 Å². The van der Waals surface area contributed by atoms with Crippen molar-refractivity contribution in [2.75, 3.05) is 12.4 Å². The van der Waals surface area contributed by atoms with E-state index < -0.39 is 0 Å². The molecule has 1 saturated carbocycles. The van der Waals surface area contributed by atoms with Crippen LogP contribution in [0.5, 0.6) is 0 Å². The Kier molecular flexibility index (Phi) is 3.63. The fourth-order valence-electron chi connectivity index (χ4n) is 1.87. The fraction of sp³-hybridized carbons (Fsp3) is 0.455. The summed E-state index contributed by atoms with van der Waals surface area (Å²) in [5.74, 6) is 0. The van der Waals surface area contributed by atoms with Crippen molar-refractivity contribution in [1.82, 2.24) is 0 Å². The molecule has 92 valence electrons. The molecule has 0 aliphatic heterocycles. The van der Waals surface area contributed by atoms with E-state index in [9.17, 15) is 10.1 Å². The first kappa shape index (κ1) is 12.3. The average molecular weight is 301 g/mol. The van der Waals surface area contributed by atoms with Crippen molar-refractivity contribution in [2.24, 2.45) is 0 Å². The minimum atomic E-state index is -0.375. The predicted molar refractivity (Wildman–Crippen MR) is 68.2 cm³/mol. The molecule has 2 rings (SSSR count). The SMILES string of the molecule is COC1CC(Nc2ccc(Br)cc2[N+](=O)[O-])C1. The highest BCUT2D eigenvalue weighted by Gasteiger charge is 2.30. The summed E-state index contributed by atoms with van der Waals surface area (Å²) in [6.07, 6.45) is 2.06. The summed E-state index contributed by atoms with van der Waals surface area (Å²) < 4.78 is 5.88. The van der Waals surface area contributed by atoms with Gasteiger partial charge in [0.2, 0.25) is 0 Å². The Morgan fingerprint density at radius 3 is 2.82 bits per heavy atom. The number of nitrogens with one attached hydrogen (secondary N) is 1. The van der Waals surface area contributed by atoms with Crippen LogP contribution in [0.3, 0.4) is 0 Å². The molecule has 1 fully saturated rings. The van der Waals surface area contributed by atoms with E-state index in [1.807, 2.05) is 0 Å². The van der Waals surface area contributed by atoms with Gasteiger partial charge in [-0.15, -0.1) is 0 Å². The Morgan fingerprint density at radius 1 is 1.53 bits per heavy atom. The van der Waals surface area contributed by atoms with Gasteiger partial charge in [-0.2, -0.15) is 0 Å². The van der Waals surface area contributed by atoms with Crippen LogP contribution >= 0.6 is 15.9 Å². The Bertz CT molecular complexity index is 433. The summed E-state index contributed by atoms with van der Waals surface area (Å²) >= 11 is 3.23. The molecule has 0 spiro atoms. The van der Waals surface area contributed by atoms with Crippen LogP contribution < -0.4 is 5.32 Å². The first-order valence-corrected chi connectivity index (χ1v) is 6.12. The molecule has 17 heavy (non-hydrogen) atoms. The molecule has 0 aromatic heterocycles. The predicted octanol–water partition coefficient (Wildman–Crippen LogP) is 2.95. The molecule has 0 radical (unpaired) electrons. The summed E-state index contributed by atoms with van der Waals surface area (Å²) in [5.41, 5.74) is 0.665. The van der Waals surface area contributed by atoms with Crippen molar-refractivity contribution < 1.29 is 9.66 Å². The van der Waals surface area contributed by atoms with Crippen molar-refractivity contribution in [3.8, 4) is 0 Å². The molecule has 1 aromatic carbocycles. The third-order valence-electron chi connectivity index (χ3n) is 2.94. The topological polar surface area (TPSA) is 64.4 Å². The van der Waals surface area contributed by atoms with Gasteiger partial charge in [0.05, 0.1) is 11.0 Å². The van der Waals surface area contributed by atoms with Crippen LogP contribution in [0.25, 0.3) is 0 Å². The van der Waals surface area contributed by atoms with Crippen LogP contribution in [0, 0.1) is 10.1 Å². The van der Waals surface area contributed by atoms with Gasteiger partial charge in [-0.3, -0.25) is 10.1 Å². The normalized spacial score (nSPS) is 22.9. The van der Waals surface area contributed by atoms with E-state index in [-0.39, 0.29) is 22.8 Å². The largest absolute Gasteiger partial charge is 0.381 e. The molecular formula is C11H13BrN2O3. The second-order valence-electron chi connectivity index (χ2n) is 4.09. The average Bonchev–Trinajstić information content (AvgIpc) is 2.24. The number of halogens is 1. The van der Waals surface area contributed by atoms with Crippen molar-refractivity contribution in [1.29, 1.82) is 0 Å². The van der Waals surface area contributed by atoms with Crippen LogP contribution in [0.15, 0.2) is 22.7 Å². The number of nitrogens with zero attached hydrogens (tertiary/aromatic N) is 1. The summed E-state index contributed by atoms with van der Waals surface area (Å²) in [6.45, 7) is 0. The molecule has 0 atom stereocenters. The van der Waals surface area contributed by atoms with Gasteiger partial charge in [0.25, 0.3) is 5.69 Å². The number of nitro benzene ring substituents is 1. The minimum Gasteiger partial charge on any atom is -0.381 e. The van der Waals surface area contributed by atoms with Crippen LogP contribution in [-0.2, 0) is 4.74 Å². The third-order valence-corrected chi connectivity index (χ3v) is 3.44. The van der Waals surface area contributed by atoms with E-state index in [1.165, 1.54) is 6.07 Å². The number of nitro groups is 1. The van der Waals surface area contributed by atoms with Gasteiger partial charge in [0.1, 0.15) is 5.69 Å². The highest BCUT2D eigenvalue weighted by atomic mass is 79.9. The van der Waals surface area contributed by atoms with E-state index in [2.05, 4.69) is 21.2 Å². The summed E-state index contributed by atoms with van der Waals surface area (Å²) in [4.78, 5) is 10.5. The Labute approximate surface area is 107 Å². The first-order valence-electron chi connectivity index (χ1n) is 5.33. The van der Waals surface area contributed by atoms with E-state index in [4.69, 9.17) is 4.74 Å². The molecule has 0 saturated heterocycles. The Balaban J connectivity index is 2.08. The lowest BCUT2D eigenvalue weighted by atomic mass is 9.89. The van der Waals surface area contributed by atoms with E-state index >= 15 is 0 Å². The van der Waals surface area contributed by atoms with E-state index in [0.717, 1.165) is 12.8 Å². The summed E-state index contributed by atoms with van der Waals surface area (Å²) in [7, 11) is 1.68. The lowest BCUT2D eigenvalue weighted by Crippen LogP contribution is -2.40. The van der Waals surface area contributed by atoms with Crippen molar-refractivity contribution in [3.63, 3.8) is 0 Å². The smallest absolute Gasteiger partial charge is 0.293 e. The zero-order valence-electron chi connectivity index (χ0n) is 9.35. The van der Waals surface area contributed by atoms with Crippen molar-refractivity contribution in [3.05, 3.63) is 32.8 Å². The molecule has 0 amide bonds. The van der Waals surface area contributed by atoms with Gasteiger partial charge < -0.3 is 10.1 Å². The lowest BCUT2D eigenvalue weighted by molar-refractivity contribution is -0.384. The number of ether oxygens (including phenoxy) is 1. The second-order valence-corrected chi connectivity index (χ2v) is 5.00. The highest BCUT2D eigenvalue weighted by Crippen LogP contribution is 2.32. The molecule has 0 heterocycles. The molecule has 1 aliphatic carbocycles. The standard InChI is InChI=1S/C11H13BrN2O3/c1-17-9-5-8(6-9)13-10-3-2-7(12)4-11(10)14(15)16/h2-4,8-9,13H,5-6H2,1H3. The van der Waals surface area contributed by atoms with Crippen LogP contribution in [0.1, 0.15) is 12.8 Å². The number of anilines is 1. The Hall–Kier alpha value is -1.14. The molecule has 0 unspecified atom stereocenters. The number of hydrogen-bond acceptors (Lipinski definition) is 4. The third kappa shape index (κ3) is 2.76. The Morgan fingerprint density at radius 2 is 2.24 bits per heavy atom. The van der Waals surface area contributed by atoms with Gasteiger partial charge in [0.15, 0.2) is 0 Å². The summed E-state index contributed by atoms with van der Waals surface area (Å²) in [6, 6.07) is 5.29. The molecular weight excluding hydrogens is 288 g/mol. The van der Waals surface area contributed by atoms with Crippen molar-refractivity contribution >= 4 is 27.3 Å². The number of benzene rings is 1. The molecule has 1 aromatic rings. The van der Waals surface area contributed by atoms with Gasteiger partial charge >= 0.3 is 0 Å². The molecule has 0 bridgehead atoms. The maximum absolute atomic E-state index is 10.9. The maximum atomic E-state index is 10.9. The highest BCUT2D eigenvalue weighted by molar-refractivity contribution is 9.10. The minimum absolute atomic E-state index is 0.0974. The molecule has 6 heteroatoms. The van der Waals surface area contributed by atoms with Gasteiger partial charge in [0, 0.05) is 23.7 Å². The lowest BCUT2D eigenvalue weighted by Gasteiger charge is -2.35. The van der Waals surface area contributed by atoms with Gasteiger partial charge in [-0.05, 0) is 25.0 Å².